The lowest BCUT2D eigenvalue weighted by molar-refractivity contribution is -0.0973. The average Bonchev–Trinajstić information content (AvgIpc) is 2.23. The fourth-order valence-corrected chi connectivity index (χ4v) is 1.57. The van der Waals surface area contributed by atoms with Gasteiger partial charge < -0.3 is 0 Å². The Morgan fingerprint density at radius 2 is 1.88 bits per heavy atom. The Morgan fingerprint density at radius 1 is 1.19 bits per heavy atom. The standard InChI is InChI=1S/C13H15F3/c1-2-11-9-7-5-3-4-6-8-10-12(11)13(14,15)16/h3,5-11H,2,4H2,1H3. The van der Waals surface area contributed by atoms with Gasteiger partial charge in [-0.05, 0) is 12.8 Å². The number of halogens is 3. The van der Waals surface area contributed by atoms with E-state index in [1.807, 2.05) is 6.08 Å². The molecular formula is C13H15F3. The van der Waals surface area contributed by atoms with Crippen molar-refractivity contribution in [1.82, 2.24) is 0 Å². The molecule has 0 fully saturated rings. The van der Waals surface area contributed by atoms with Gasteiger partial charge in [0.25, 0.3) is 0 Å². The minimum absolute atomic E-state index is 0.448. The van der Waals surface area contributed by atoms with Gasteiger partial charge in [-0.25, -0.2) is 0 Å². The summed E-state index contributed by atoms with van der Waals surface area (Å²) in [6.07, 6.45) is 8.21. The molecule has 0 N–H and O–H groups in total. The third kappa shape index (κ3) is 3.72. The molecule has 0 aromatic carbocycles. The Kier molecular flexibility index (Phi) is 4.59. The number of rotatable bonds is 1. The smallest absolute Gasteiger partial charge is 0.166 e. The fourth-order valence-electron chi connectivity index (χ4n) is 1.57. The number of hydrogen-bond donors (Lipinski definition) is 0. The van der Waals surface area contributed by atoms with Crippen LogP contribution < -0.4 is 0 Å². The second-order valence-corrected chi connectivity index (χ2v) is 3.61. The molecule has 16 heavy (non-hydrogen) atoms. The molecule has 0 heterocycles. The molecule has 1 rings (SSSR count). The van der Waals surface area contributed by atoms with Crippen LogP contribution in [0, 0.1) is 5.92 Å². The molecule has 1 aliphatic rings. The molecule has 88 valence electrons. The molecule has 0 aliphatic heterocycles. The van der Waals surface area contributed by atoms with E-state index in [1.54, 1.807) is 31.2 Å². The van der Waals surface area contributed by atoms with E-state index in [2.05, 4.69) is 0 Å². The third-order valence-corrected chi connectivity index (χ3v) is 2.44. The summed E-state index contributed by atoms with van der Waals surface area (Å²) in [7, 11) is 0. The molecule has 0 radical (unpaired) electrons. The summed E-state index contributed by atoms with van der Waals surface area (Å²) < 4.78 is 38.3. The molecule has 0 saturated carbocycles. The molecule has 0 spiro atoms. The average molecular weight is 228 g/mol. The highest BCUT2D eigenvalue weighted by molar-refractivity contribution is 5.26. The minimum Gasteiger partial charge on any atom is -0.166 e. The van der Waals surface area contributed by atoms with E-state index >= 15 is 0 Å². The molecule has 1 atom stereocenters. The first-order valence-electron chi connectivity index (χ1n) is 5.33. The van der Waals surface area contributed by atoms with Gasteiger partial charge in [0, 0.05) is 11.5 Å². The monoisotopic (exact) mass is 228 g/mol. The van der Waals surface area contributed by atoms with Crippen LogP contribution in [0.3, 0.4) is 0 Å². The van der Waals surface area contributed by atoms with Crippen LogP contribution in [0.25, 0.3) is 0 Å². The van der Waals surface area contributed by atoms with Crippen LogP contribution >= 0.6 is 0 Å². The maximum atomic E-state index is 12.8. The summed E-state index contributed by atoms with van der Waals surface area (Å²) >= 11 is 0. The van der Waals surface area contributed by atoms with Crippen LogP contribution in [-0.4, -0.2) is 6.18 Å². The summed E-state index contributed by atoms with van der Waals surface area (Å²) in [4.78, 5) is 0. The number of allylic oxidation sites excluding steroid dienone is 8. The Hall–Kier alpha value is -1.25. The zero-order chi connectivity index (χ0) is 12.0. The van der Waals surface area contributed by atoms with Crippen molar-refractivity contribution in [1.29, 1.82) is 0 Å². The fraction of sp³-hybridized carbons (Fsp3) is 0.385. The van der Waals surface area contributed by atoms with Gasteiger partial charge in [-0.15, -0.1) is 0 Å². The van der Waals surface area contributed by atoms with Crippen molar-refractivity contribution in [2.45, 2.75) is 25.9 Å². The molecule has 0 aromatic rings. The Balaban J connectivity index is 3.05. The van der Waals surface area contributed by atoms with Crippen molar-refractivity contribution in [2.24, 2.45) is 5.92 Å². The van der Waals surface area contributed by atoms with Crippen LogP contribution in [0.1, 0.15) is 19.8 Å². The largest absolute Gasteiger partial charge is 0.413 e. The van der Waals surface area contributed by atoms with Gasteiger partial charge in [0.2, 0.25) is 0 Å². The topological polar surface area (TPSA) is 0 Å². The van der Waals surface area contributed by atoms with Crippen LogP contribution in [-0.2, 0) is 0 Å². The maximum absolute atomic E-state index is 12.8. The lowest BCUT2D eigenvalue weighted by Crippen LogP contribution is -2.18. The van der Waals surface area contributed by atoms with Crippen molar-refractivity contribution in [3.8, 4) is 0 Å². The quantitative estimate of drug-likeness (QED) is 0.616. The van der Waals surface area contributed by atoms with Crippen molar-refractivity contribution < 1.29 is 13.2 Å². The summed E-state index contributed by atoms with van der Waals surface area (Å²) in [6.45, 7) is 1.76. The van der Waals surface area contributed by atoms with Crippen LogP contribution in [0.15, 0.2) is 48.1 Å². The minimum atomic E-state index is -4.25. The molecule has 0 bridgehead atoms. The van der Waals surface area contributed by atoms with E-state index in [9.17, 15) is 13.2 Å². The zero-order valence-corrected chi connectivity index (χ0v) is 9.17. The van der Waals surface area contributed by atoms with Crippen LogP contribution in [0.2, 0.25) is 0 Å². The molecule has 0 aromatic heterocycles. The number of hydrogen-bond acceptors (Lipinski definition) is 0. The summed E-state index contributed by atoms with van der Waals surface area (Å²) in [5.74, 6) is -0.563. The van der Waals surface area contributed by atoms with Crippen molar-refractivity contribution in [3.63, 3.8) is 0 Å². The highest BCUT2D eigenvalue weighted by Gasteiger charge is 2.36. The van der Waals surface area contributed by atoms with Crippen LogP contribution in [0.4, 0.5) is 13.2 Å². The van der Waals surface area contributed by atoms with Crippen molar-refractivity contribution in [3.05, 3.63) is 48.1 Å². The highest BCUT2D eigenvalue weighted by Crippen LogP contribution is 2.34. The van der Waals surface area contributed by atoms with Gasteiger partial charge in [0.05, 0.1) is 0 Å². The lowest BCUT2D eigenvalue weighted by Gasteiger charge is -2.18. The molecule has 1 aliphatic carbocycles. The third-order valence-electron chi connectivity index (χ3n) is 2.44. The van der Waals surface area contributed by atoms with E-state index in [4.69, 9.17) is 0 Å². The van der Waals surface area contributed by atoms with Gasteiger partial charge in [0.1, 0.15) is 0 Å². The van der Waals surface area contributed by atoms with Gasteiger partial charge in [-0.2, -0.15) is 13.2 Å². The van der Waals surface area contributed by atoms with E-state index in [1.165, 1.54) is 12.2 Å². The highest BCUT2D eigenvalue weighted by atomic mass is 19.4. The Morgan fingerprint density at radius 3 is 2.50 bits per heavy atom. The molecular weight excluding hydrogens is 213 g/mol. The maximum Gasteiger partial charge on any atom is 0.413 e. The van der Waals surface area contributed by atoms with Gasteiger partial charge in [-0.3, -0.25) is 0 Å². The van der Waals surface area contributed by atoms with Crippen LogP contribution in [0.5, 0.6) is 0 Å². The van der Waals surface area contributed by atoms with Crippen molar-refractivity contribution >= 4 is 0 Å². The summed E-state index contributed by atoms with van der Waals surface area (Å²) in [6, 6.07) is 0. The van der Waals surface area contributed by atoms with Gasteiger partial charge in [-0.1, -0.05) is 49.5 Å². The van der Waals surface area contributed by atoms with Gasteiger partial charge >= 0.3 is 6.18 Å². The SMILES string of the molecule is CCC1C=CC=CCC=CC=C1C(F)(F)F. The normalized spacial score (nSPS) is 22.0. The zero-order valence-electron chi connectivity index (χ0n) is 9.17. The van der Waals surface area contributed by atoms with Crippen molar-refractivity contribution in [2.75, 3.05) is 0 Å². The first kappa shape index (κ1) is 12.8. The first-order chi connectivity index (χ1) is 7.55. The number of alkyl halides is 3. The molecule has 0 amide bonds. The molecule has 1 unspecified atom stereocenters. The Bertz CT molecular complexity index is 330. The Labute approximate surface area is 93.9 Å². The van der Waals surface area contributed by atoms with E-state index < -0.39 is 17.7 Å². The second kappa shape index (κ2) is 5.73. The molecule has 0 nitrogen and oxygen atoms in total. The summed E-state index contributed by atoms with van der Waals surface area (Å²) in [5, 5.41) is 0. The first-order valence-corrected chi connectivity index (χ1v) is 5.33. The van der Waals surface area contributed by atoms with E-state index in [-0.39, 0.29) is 0 Å². The second-order valence-electron chi connectivity index (χ2n) is 3.61. The molecule has 3 heteroatoms. The predicted octanol–water partition coefficient (Wildman–Crippen LogP) is 4.57. The predicted molar refractivity (Wildman–Crippen MR) is 60.0 cm³/mol. The van der Waals surface area contributed by atoms with E-state index in [0.717, 1.165) is 0 Å². The van der Waals surface area contributed by atoms with Gasteiger partial charge in [0.15, 0.2) is 0 Å². The summed E-state index contributed by atoms with van der Waals surface area (Å²) in [5.41, 5.74) is -0.474. The lowest BCUT2D eigenvalue weighted by atomic mass is 9.94. The van der Waals surface area contributed by atoms with E-state index in [0.29, 0.717) is 12.8 Å². The molecule has 0 saturated heterocycles.